The number of guanidine groups is 1. The van der Waals surface area contributed by atoms with Crippen LogP contribution >= 0.6 is 15.9 Å². The Balaban J connectivity index is 2.20. The average molecular weight is 270 g/mol. The topological polar surface area (TPSA) is 59.6 Å². The number of nitrogens with one attached hydrogen (secondary N) is 1. The van der Waals surface area contributed by atoms with Gasteiger partial charge >= 0.3 is 0 Å². The molecule has 1 unspecified atom stereocenters. The number of rotatable bonds is 2. The third-order valence-electron chi connectivity index (χ3n) is 2.34. The van der Waals surface area contributed by atoms with Crippen molar-refractivity contribution in [3.05, 3.63) is 28.2 Å². The first-order valence-corrected chi connectivity index (χ1v) is 5.40. The van der Waals surface area contributed by atoms with Crippen LogP contribution in [0.5, 0.6) is 5.75 Å². The number of nitrogens with zero attached hydrogens (tertiary/aromatic N) is 1. The lowest BCUT2D eigenvalue weighted by atomic mass is 10.1. The second-order valence-electron chi connectivity index (χ2n) is 3.32. The zero-order valence-electron chi connectivity index (χ0n) is 8.33. The van der Waals surface area contributed by atoms with Crippen LogP contribution in [0.3, 0.4) is 0 Å². The van der Waals surface area contributed by atoms with Crippen LogP contribution in [0.4, 0.5) is 0 Å². The Morgan fingerprint density at radius 3 is 2.93 bits per heavy atom. The second kappa shape index (κ2) is 4.10. The van der Waals surface area contributed by atoms with Gasteiger partial charge in [-0.25, -0.2) is 0 Å². The minimum atomic E-state index is 0.173. The summed E-state index contributed by atoms with van der Waals surface area (Å²) >= 11 is 3.45. The van der Waals surface area contributed by atoms with E-state index in [-0.39, 0.29) is 6.04 Å². The SMILES string of the molecule is COc1ccc(C2CN=C(N)N2)cc1Br. The molecule has 0 fully saturated rings. The molecule has 0 aromatic heterocycles. The Hall–Kier alpha value is -1.23. The van der Waals surface area contributed by atoms with E-state index in [0.717, 1.165) is 15.8 Å². The first-order valence-electron chi connectivity index (χ1n) is 4.60. The number of aliphatic imine (C=N–C) groups is 1. The molecule has 0 aliphatic carbocycles. The lowest BCUT2D eigenvalue weighted by Crippen LogP contribution is -2.29. The summed E-state index contributed by atoms with van der Waals surface area (Å²) in [4.78, 5) is 4.10. The van der Waals surface area contributed by atoms with Gasteiger partial charge in [-0.15, -0.1) is 0 Å². The minimum Gasteiger partial charge on any atom is -0.496 e. The Bertz CT molecular complexity index is 406. The van der Waals surface area contributed by atoms with Crippen LogP contribution in [0.2, 0.25) is 0 Å². The molecule has 1 heterocycles. The fourth-order valence-electron chi connectivity index (χ4n) is 1.55. The van der Waals surface area contributed by atoms with Gasteiger partial charge in [-0.3, -0.25) is 4.99 Å². The van der Waals surface area contributed by atoms with Crippen molar-refractivity contribution in [2.75, 3.05) is 13.7 Å². The number of benzene rings is 1. The van der Waals surface area contributed by atoms with E-state index in [1.54, 1.807) is 7.11 Å². The maximum Gasteiger partial charge on any atom is 0.189 e. The average Bonchev–Trinajstić information content (AvgIpc) is 2.65. The summed E-state index contributed by atoms with van der Waals surface area (Å²) in [6.45, 7) is 0.685. The number of methoxy groups -OCH3 is 1. The van der Waals surface area contributed by atoms with E-state index in [1.807, 2.05) is 18.2 Å². The van der Waals surface area contributed by atoms with Gasteiger partial charge in [0.05, 0.1) is 24.2 Å². The van der Waals surface area contributed by atoms with Crippen LogP contribution in [0.15, 0.2) is 27.7 Å². The molecule has 0 radical (unpaired) electrons. The predicted molar refractivity (Wildman–Crippen MR) is 63.1 cm³/mol. The molecule has 0 saturated carbocycles. The third kappa shape index (κ3) is 2.07. The van der Waals surface area contributed by atoms with Gasteiger partial charge in [0.15, 0.2) is 5.96 Å². The summed E-state index contributed by atoms with van der Waals surface area (Å²) in [6.07, 6.45) is 0. The Kier molecular flexibility index (Phi) is 2.81. The number of hydrogen-bond acceptors (Lipinski definition) is 4. The van der Waals surface area contributed by atoms with Crippen molar-refractivity contribution in [1.82, 2.24) is 5.32 Å². The van der Waals surface area contributed by atoms with Crippen LogP contribution in [0, 0.1) is 0 Å². The molecule has 15 heavy (non-hydrogen) atoms. The predicted octanol–water partition coefficient (Wildman–Crippen LogP) is 1.42. The van der Waals surface area contributed by atoms with Crippen LogP contribution < -0.4 is 15.8 Å². The number of ether oxygens (including phenoxy) is 1. The lowest BCUT2D eigenvalue weighted by Gasteiger charge is -2.12. The van der Waals surface area contributed by atoms with Crippen LogP contribution in [-0.2, 0) is 0 Å². The highest BCUT2D eigenvalue weighted by atomic mass is 79.9. The Labute approximate surface area is 96.7 Å². The highest BCUT2D eigenvalue weighted by Crippen LogP contribution is 2.28. The molecular formula is C10H12BrN3O. The summed E-state index contributed by atoms with van der Waals surface area (Å²) in [5.41, 5.74) is 6.70. The second-order valence-corrected chi connectivity index (χ2v) is 4.17. The molecule has 2 rings (SSSR count). The van der Waals surface area contributed by atoms with Crippen molar-refractivity contribution in [3.63, 3.8) is 0 Å². The van der Waals surface area contributed by atoms with Gasteiger partial charge in [0.2, 0.25) is 0 Å². The monoisotopic (exact) mass is 269 g/mol. The Morgan fingerprint density at radius 2 is 2.40 bits per heavy atom. The van der Waals surface area contributed by atoms with Crippen molar-refractivity contribution in [2.45, 2.75) is 6.04 Å². The number of nitrogens with two attached hydrogens (primary N) is 1. The van der Waals surface area contributed by atoms with Crippen molar-refractivity contribution < 1.29 is 4.74 Å². The highest BCUT2D eigenvalue weighted by molar-refractivity contribution is 9.10. The molecule has 1 aliphatic rings. The fraction of sp³-hybridized carbons (Fsp3) is 0.300. The van der Waals surface area contributed by atoms with Crippen LogP contribution in [0.25, 0.3) is 0 Å². The van der Waals surface area contributed by atoms with Crippen LogP contribution in [0.1, 0.15) is 11.6 Å². The molecule has 1 aromatic carbocycles. The van der Waals surface area contributed by atoms with E-state index in [2.05, 4.69) is 26.2 Å². The van der Waals surface area contributed by atoms with Gasteiger partial charge in [-0.05, 0) is 33.6 Å². The number of halogens is 1. The Morgan fingerprint density at radius 1 is 1.60 bits per heavy atom. The standard InChI is InChI=1S/C10H12BrN3O/c1-15-9-3-2-6(4-7(9)11)8-5-13-10(12)14-8/h2-4,8H,5H2,1H3,(H3,12,13,14). The lowest BCUT2D eigenvalue weighted by molar-refractivity contribution is 0.412. The quantitative estimate of drug-likeness (QED) is 0.854. The molecular weight excluding hydrogens is 258 g/mol. The largest absolute Gasteiger partial charge is 0.496 e. The minimum absolute atomic E-state index is 0.173. The molecule has 5 heteroatoms. The zero-order valence-corrected chi connectivity index (χ0v) is 9.91. The highest BCUT2D eigenvalue weighted by Gasteiger charge is 2.17. The molecule has 0 spiro atoms. The van der Waals surface area contributed by atoms with E-state index in [9.17, 15) is 0 Å². The molecule has 1 aliphatic heterocycles. The van der Waals surface area contributed by atoms with E-state index >= 15 is 0 Å². The van der Waals surface area contributed by atoms with Gasteiger partial charge < -0.3 is 15.8 Å². The molecule has 0 saturated heterocycles. The molecule has 4 nitrogen and oxygen atoms in total. The van der Waals surface area contributed by atoms with Crippen molar-refractivity contribution in [2.24, 2.45) is 10.7 Å². The van der Waals surface area contributed by atoms with E-state index in [4.69, 9.17) is 10.5 Å². The van der Waals surface area contributed by atoms with Gasteiger partial charge in [-0.2, -0.15) is 0 Å². The smallest absolute Gasteiger partial charge is 0.189 e. The molecule has 1 aromatic rings. The van der Waals surface area contributed by atoms with Crippen LogP contribution in [-0.4, -0.2) is 19.6 Å². The van der Waals surface area contributed by atoms with Gasteiger partial charge in [0.1, 0.15) is 5.75 Å². The summed E-state index contributed by atoms with van der Waals surface area (Å²) in [5.74, 6) is 1.33. The summed E-state index contributed by atoms with van der Waals surface area (Å²) in [5, 5.41) is 3.10. The zero-order chi connectivity index (χ0) is 10.8. The van der Waals surface area contributed by atoms with Gasteiger partial charge in [0.25, 0.3) is 0 Å². The first-order chi connectivity index (χ1) is 7.20. The van der Waals surface area contributed by atoms with E-state index < -0.39 is 0 Å². The summed E-state index contributed by atoms with van der Waals surface area (Å²) in [6, 6.07) is 6.13. The molecule has 0 bridgehead atoms. The maximum absolute atomic E-state index is 5.56. The molecule has 80 valence electrons. The van der Waals surface area contributed by atoms with E-state index in [1.165, 1.54) is 0 Å². The van der Waals surface area contributed by atoms with Gasteiger partial charge in [-0.1, -0.05) is 6.07 Å². The number of hydrogen-bond donors (Lipinski definition) is 2. The van der Waals surface area contributed by atoms with Crippen molar-refractivity contribution in [1.29, 1.82) is 0 Å². The summed E-state index contributed by atoms with van der Waals surface area (Å²) < 4.78 is 6.10. The van der Waals surface area contributed by atoms with Gasteiger partial charge in [0, 0.05) is 0 Å². The van der Waals surface area contributed by atoms with E-state index in [0.29, 0.717) is 12.5 Å². The third-order valence-corrected chi connectivity index (χ3v) is 2.96. The summed E-state index contributed by atoms with van der Waals surface area (Å²) in [7, 11) is 1.65. The molecule has 3 N–H and O–H groups in total. The fourth-order valence-corrected chi connectivity index (χ4v) is 2.11. The van der Waals surface area contributed by atoms with Crippen molar-refractivity contribution in [3.8, 4) is 5.75 Å². The first kappa shape index (κ1) is 10.3. The molecule has 1 atom stereocenters. The van der Waals surface area contributed by atoms with Crippen molar-refractivity contribution >= 4 is 21.9 Å². The molecule has 0 amide bonds. The normalized spacial score (nSPS) is 19.6. The maximum atomic E-state index is 5.56.